The summed E-state index contributed by atoms with van der Waals surface area (Å²) in [5.74, 6) is -2.67. The Bertz CT molecular complexity index is 1820. The number of rotatable bonds is 4. The number of amides is 3. The molecule has 16 heteroatoms. The van der Waals surface area contributed by atoms with Crippen LogP contribution in [0.15, 0.2) is 49.2 Å². The molecule has 0 aliphatic carbocycles. The van der Waals surface area contributed by atoms with Crippen LogP contribution < -0.4 is 14.7 Å². The van der Waals surface area contributed by atoms with Crippen molar-refractivity contribution in [3.05, 3.63) is 77.5 Å². The molecule has 0 bridgehead atoms. The molecule has 3 aromatic rings. The van der Waals surface area contributed by atoms with Gasteiger partial charge in [0, 0.05) is 37.8 Å². The van der Waals surface area contributed by atoms with Crippen molar-refractivity contribution >= 4 is 34.9 Å². The number of imidazole rings is 1. The fraction of sp³-hybridized carbons (Fsp3) is 0.406. The zero-order chi connectivity index (χ0) is 34.9. The number of hydrogen-bond donors (Lipinski definition) is 0. The lowest BCUT2D eigenvalue weighted by molar-refractivity contribution is -0.196. The van der Waals surface area contributed by atoms with Crippen LogP contribution >= 0.6 is 0 Å². The second-order valence-corrected chi connectivity index (χ2v) is 12.3. The summed E-state index contributed by atoms with van der Waals surface area (Å²) < 4.78 is 84.4. The topological polar surface area (TPSA) is 94.9 Å². The molecule has 3 aliphatic heterocycles. The molecule has 48 heavy (non-hydrogen) atoms. The average molecular weight is 676 g/mol. The number of hydrogen-bond acceptors (Lipinski definition) is 6. The van der Waals surface area contributed by atoms with Crippen LogP contribution in [0.25, 0.3) is 0 Å². The predicted octanol–water partition coefficient (Wildman–Crippen LogP) is 4.78. The summed E-state index contributed by atoms with van der Waals surface area (Å²) in [5.41, 5.74) is 1.28. The molecule has 0 radical (unpaired) electrons. The lowest BCUT2D eigenvalue weighted by Crippen LogP contribution is -2.53. The van der Waals surface area contributed by atoms with E-state index >= 15 is 0 Å². The quantitative estimate of drug-likeness (QED) is 0.292. The van der Waals surface area contributed by atoms with Gasteiger partial charge in [0.1, 0.15) is 23.7 Å². The van der Waals surface area contributed by atoms with Crippen LogP contribution in [0.3, 0.4) is 0 Å². The molecule has 2 aromatic heterocycles. The number of alkyl halides is 6. The van der Waals surface area contributed by atoms with E-state index in [1.165, 1.54) is 29.6 Å². The first-order valence-corrected chi connectivity index (χ1v) is 15.0. The lowest BCUT2D eigenvalue weighted by atomic mass is 9.95. The molecule has 0 spiro atoms. The molecule has 3 amide bonds. The van der Waals surface area contributed by atoms with E-state index in [1.54, 1.807) is 12.1 Å². The highest BCUT2D eigenvalue weighted by Gasteiger charge is 2.50. The van der Waals surface area contributed by atoms with Gasteiger partial charge in [0.2, 0.25) is 17.7 Å². The molecule has 3 aliphatic rings. The fourth-order valence-corrected chi connectivity index (χ4v) is 6.89. The molecule has 6 rings (SSSR count). The number of benzene rings is 1. The Morgan fingerprint density at radius 2 is 1.79 bits per heavy atom. The second-order valence-electron chi connectivity index (χ2n) is 12.3. The van der Waals surface area contributed by atoms with Crippen molar-refractivity contribution in [3.8, 4) is 0 Å². The van der Waals surface area contributed by atoms with Gasteiger partial charge < -0.3 is 19.3 Å². The number of para-hydroxylation sites is 1. The van der Waals surface area contributed by atoms with Gasteiger partial charge in [-0.15, -0.1) is 0 Å². The van der Waals surface area contributed by atoms with E-state index in [-0.39, 0.29) is 43.4 Å². The minimum atomic E-state index is -4.71. The SMILES string of the molecule is C=CC(=O)N1Cc2nc(CN3C[C@H]4CC(=O)N(c5cc(C(F)(F)F)cc(C)n5)[C@@H]4C(=O)N(C)c4cccc(C)c43)cn2C[C@H]1C(F)(F)F. The number of fused-ring (bicyclic) bond motifs is 3. The number of anilines is 3. The molecule has 1 fully saturated rings. The molecule has 10 nitrogen and oxygen atoms in total. The molecule has 0 unspecified atom stereocenters. The van der Waals surface area contributed by atoms with Gasteiger partial charge in [-0.1, -0.05) is 18.7 Å². The summed E-state index contributed by atoms with van der Waals surface area (Å²) in [6.07, 6.45) is -7.24. The largest absolute Gasteiger partial charge is 0.416 e. The number of halogens is 6. The van der Waals surface area contributed by atoms with E-state index in [4.69, 9.17) is 0 Å². The van der Waals surface area contributed by atoms with Crippen molar-refractivity contribution < 1.29 is 40.7 Å². The van der Waals surface area contributed by atoms with Gasteiger partial charge in [-0.05, 0) is 43.7 Å². The van der Waals surface area contributed by atoms with Gasteiger partial charge in [-0.25, -0.2) is 9.97 Å². The highest BCUT2D eigenvalue weighted by Crippen LogP contribution is 2.42. The summed E-state index contributed by atoms with van der Waals surface area (Å²) in [5, 5.41) is 0. The normalized spacial score (nSPS) is 21.5. The third-order valence-corrected chi connectivity index (χ3v) is 9.03. The van der Waals surface area contributed by atoms with Gasteiger partial charge in [-0.2, -0.15) is 26.3 Å². The van der Waals surface area contributed by atoms with Crippen LogP contribution in [0, 0.1) is 19.8 Å². The van der Waals surface area contributed by atoms with E-state index < -0.39 is 60.2 Å². The number of carbonyl (C=O) groups is 3. The van der Waals surface area contributed by atoms with E-state index in [2.05, 4.69) is 16.5 Å². The summed E-state index contributed by atoms with van der Waals surface area (Å²) in [6.45, 7) is 5.73. The number of carbonyl (C=O) groups excluding carboxylic acids is 3. The van der Waals surface area contributed by atoms with Crippen LogP contribution in [0.4, 0.5) is 43.5 Å². The minimum Gasteiger partial charge on any atom is -0.363 e. The molecule has 0 saturated carbocycles. The Labute approximate surface area is 271 Å². The molecule has 3 atom stereocenters. The molecular weight excluding hydrogens is 644 g/mol. The highest BCUT2D eigenvalue weighted by molar-refractivity contribution is 6.10. The molecule has 1 aromatic carbocycles. The van der Waals surface area contributed by atoms with Gasteiger partial charge in [-0.3, -0.25) is 19.3 Å². The van der Waals surface area contributed by atoms with E-state index in [1.807, 2.05) is 17.9 Å². The number of nitrogens with zero attached hydrogens (tertiary/aromatic N) is 7. The Morgan fingerprint density at radius 1 is 1.06 bits per heavy atom. The third-order valence-electron chi connectivity index (χ3n) is 9.03. The van der Waals surface area contributed by atoms with Crippen molar-refractivity contribution in [1.82, 2.24) is 19.4 Å². The van der Waals surface area contributed by atoms with Crippen molar-refractivity contribution in [1.29, 1.82) is 0 Å². The third kappa shape index (κ3) is 5.76. The van der Waals surface area contributed by atoms with Crippen molar-refractivity contribution in [3.63, 3.8) is 0 Å². The van der Waals surface area contributed by atoms with Gasteiger partial charge in [0.05, 0.1) is 42.3 Å². The molecular formula is C32H31F6N7O3. The van der Waals surface area contributed by atoms with Crippen LogP contribution in [-0.4, -0.2) is 69.0 Å². The van der Waals surface area contributed by atoms with Crippen molar-refractivity contribution in [2.24, 2.45) is 5.92 Å². The Morgan fingerprint density at radius 3 is 2.46 bits per heavy atom. The monoisotopic (exact) mass is 675 g/mol. The average Bonchev–Trinajstić information content (AvgIpc) is 3.55. The predicted molar refractivity (Wildman–Crippen MR) is 162 cm³/mol. The molecule has 1 saturated heterocycles. The fourth-order valence-electron chi connectivity index (χ4n) is 6.89. The number of pyridine rings is 1. The first-order valence-electron chi connectivity index (χ1n) is 15.0. The van der Waals surface area contributed by atoms with Crippen LogP contribution in [-0.2, 0) is 40.2 Å². The maximum absolute atomic E-state index is 14.1. The van der Waals surface area contributed by atoms with Crippen LogP contribution in [0.1, 0.15) is 34.8 Å². The van der Waals surface area contributed by atoms with Gasteiger partial charge >= 0.3 is 12.4 Å². The van der Waals surface area contributed by atoms with Gasteiger partial charge in [0.25, 0.3) is 0 Å². The summed E-state index contributed by atoms with van der Waals surface area (Å²) in [6, 6.07) is 3.63. The van der Waals surface area contributed by atoms with E-state index in [0.717, 1.165) is 28.7 Å². The zero-order valence-corrected chi connectivity index (χ0v) is 26.1. The van der Waals surface area contributed by atoms with Crippen LogP contribution in [0.2, 0.25) is 0 Å². The Kier molecular flexibility index (Phi) is 8.03. The first-order chi connectivity index (χ1) is 22.5. The second kappa shape index (κ2) is 11.7. The number of aromatic nitrogens is 3. The van der Waals surface area contributed by atoms with Crippen molar-refractivity contribution in [2.45, 2.75) is 64.3 Å². The lowest BCUT2D eigenvalue weighted by Gasteiger charge is -2.39. The standard InChI is InChI=1S/C32H31F6N7O3/c1-5-26(46)44-16-25-40-21(13-42(25)15-23(44)32(36,37)38)14-43-12-19-10-27(47)45(24-11-20(31(33,34)35)9-18(3)39-24)29(19)30(48)41(4)22-8-6-7-17(2)28(22)43/h5-9,11,13,19,23,29H,1,10,12,14-16H2,2-4H3/t19-,23+,29+/m1/s1. The number of aryl methyl sites for hydroxylation is 2. The highest BCUT2D eigenvalue weighted by atomic mass is 19.4. The first kappa shape index (κ1) is 33.0. The van der Waals surface area contributed by atoms with Gasteiger partial charge in [0.15, 0.2) is 0 Å². The van der Waals surface area contributed by atoms with Crippen molar-refractivity contribution in [2.75, 3.05) is 28.3 Å². The summed E-state index contributed by atoms with van der Waals surface area (Å²) >= 11 is 0. The summed E-state index contributed by atoms with van der Waals surface area (Å²) in [4.78, 5) is 53.7. The minimum absolute atomic E-state index is 0.0233. The van der Waals surface area contributed by atoms with E-state index in [9.17, 15) is 40.7 Å². The maximum Gasteiger partial charge on any atom is 0.416 e. The summed E-state index contributed by atoms with van der Waals surface area (Å²) in [7, 11) is 1.52. The Hall–Kier alpha value is -4.89. The van der Waals surface area contributed by atoms with Crippen LogP contribution in [0.5, 0.6) is 0 Å². The zero-order valence-electron chi connectivity index (χ0n) is 26.1. The molecule has 254 valence electrons. The smallest absolute Gasteiger partial charge is 0.363 e. The maximum atomic E-state index is 14.1. The van der Waals surface area contributed by atoms with E-state index in [0.29, 0.717) is 22.0 Å². The molecule has 5 heterocycles. The number of likely N-dealkylation sites (N-methyl/N-ethyl adjacent to an activating group) is 1. The molecule has 0 N–H and O–H groups in total. The Balaban J connectivity index is 1.39.